The van der Waals surface area contributed by atoms with E-state index < -0.39 is 12.7 Å². The van der Waals surface area contributed by atoms with E-state index in [-0.39, 0.29) is 17.4 Å². The molecule has 6 heteroatoms. The first-order valence-corrected chi connectivity index (χ1v) is 8.86. The van der Waals surface area contributed by atoms with Crippen molar-refractivity contribution >= 4 is 0 Å². The minimum Gasteiger partial charge on any atom is -0.317 e. The summed E-state index contributed by atoms with van der Waals surface area (Å²) in [6.07, 6.45) is -1.60. The Bertz CT molecular complexity index is 603. The van der Waals surface area contributed by atoms with Gasteiger partial charge in [-0.1, -0.05) is 30.3 Å². The van der Waals surface area contributed by atoms with Crippen molar-refractivity contribution < 1.29 is 13.2 Å². The average Bonchev–Trinajstić information content (AvgIpc) is 3.36. The van der Waals surface area contributed by atoms with E-state index >= 15 is 0 Å². The van der Waals surface area contributed by atoms with Gasteiger partial charge < -0.3 is 5.32 Å². The Labute approximate surface area is 146 Å². The van der Waals surface area contributed by atoms with Crippen LogP contribution >= 0.6 is 0 Å². The number of hydrogen-bond acceptors (Lipinski definition) is 3. The van der Waals surface area contributed by atoms with Crippen LogP contribution in [0.1, 0.15) is 37.2 Å². The summed E-state index contributed by atoms with van der Waals surface area (Å²) in [5.74, 6) is 0.171. The Balaban J connectivity index is 1.75. The van der Waals surface area contributed by atoms with Gasteiger partial charge in [0, 0.05) is 24.9 Å². The van der Waals surface area contributed by atoms with Crippen LogP contribution in [0.2, 0.25) is 0 Å². The van der Waals surface area contributed by atoms with Gasteiger partial charge >= 0.3 is 6.18 Å². The molecule has 1 N–H and O–H groups in total. The lowest BCUT2D eigenvalue weighted by atomic mass is 9.76. The molecule has 3 rings (SSSR count). The molecule has 1 aliphatic heterocycles. The molecule has 1 heterocycles. The highest BCUT2D eigenvalue weighted by Crippen LogP contribution is 2.47. The van der Waals surface area contributed by atoms with Crippen LogP contribution < -0.4 is 5.32 Å². The Morgan fingerprint density at radius 1 is 1.20 bits per heavy atom. The summed E-state index contributed by atoms with van der Waals surface area (Å²) in [5.41, 5.74) is 0.786. The summed E-state index contributed by atoms with van der Waals surface area (Å²) in [7, 11) is 0. The summed E-state index contributed by atoms with van der Waals surface area (Å²) < 4.78 is 39.5. The number of hydrogen-bond donors (Lipinski definition) is 1. The first-order chi connectivity index (χ1) is 11.9. The standard InChI is InChI=1S/C19H24F3N3/c20-19(21,22)14-25(13-18(6-9-23)7-10-24-11-8-18)17-12-16(17)15-4-2-1-3-5-15/h1-5,16-17,24H,6-8,10-14H2. The lowest BCUT2D eigenvalue weighted by Gasteiger charge is -2.40. The van der Waals surface area contributed by atoms with Crippen LogP contribution in [0.5, 0.6) is 0 Å². The van der Waals surface area contributed by atoms with Crippen molar-refractivity contribution in [2.45, 2.75) is 43.8 Å². The number of piperidine rings is 1. The summed E-state index contributed by atoms with van der Waals surface area (Å²) in [5, 5.41) is 12.5. The molecule has 2 unspecified atom stereocenters. The van der Waals surface area contributed by atoms with Crippen LogP contribution in [0.15, 0.2) is 30.3 Å². The van der Waals surface area contributed by atoms with Gasteiger partial charge in [0.1, 0.15) is 0 Å². The van der Waals surface area contributed by atoms with Crippen LogP contribution in [0.4, 0.5) is 13.2 Å². The quantitative estimate of drug-likeness (QED) is 0.850. The number of nitriles is 1. The van der Waals surface area contributed by atoms with Crippen molar-refractivity contribution in [1.82, 2.24) is 10.2 Å². The Morgan fingerprint density at radius 2 is 1.88 bits per heavy atom. The smallest absolute Gasteiger partial charge is 0.317 e. The van der Waals surface area contributed by atoms with Crippen LogP contribution in [0, 0.1) is 16.7 Å². The van der Waals surface area contributed by atoms with E-state index in [9.17, 15) is 18.4 Å². The molecule has 2 aliphatic rings. The molecule has 1 aliphatic carbocycles. The molecular weight excluding hydrogens is 327 g/mol. The van der Waals surface area contributed by atoms with Gasteiger partial charge in [0.25, 0.3) is 0 Å². The second-order valence-electron chi connectivity index (χ2n) is 7.43. The van der Waals surface area contributed by atoms with Gasteiger partial charge in [0.15, 0.2) is 0 Å². The molecule has 3 nitrogen and oxygen atoms in total. The minimum absolute atomic E-state index is 0.0746. The molecule has 1 aromatic rings. The summed E-state index contributed by atoms with van der Waals surface area (Å²) in [6.45, 7) is 1.01. The molecule has 25 heavy (non-hydrogen) atoms. The maximum atomic E-state index is 13.2. The number of nitrogens with one attached hydrogen (secondary N) is 1. The van der Waals surface area contributed by atoms with Crippen molar-refractivity contribution in [3.8, 4) is 6.07 Å². The van der Waals surface area contributed by atoms with Crippen molar-refractivity contribution in [2.75, 3.05) is 26.2 Å². The van der Waals surface area contributed by atoms with Crippen LogP contribution in [0.3, 0.4) is 0 Å². The second kappa shape index (κ2) is 7.35. The van der Waals surface area contributed by atoms with Gasteiger partial charge in [-0.15, -0.1) is 0 Å². The highest BCUT2D eigenvalue weighted by molar-refractivity contribution is 5.28. The molecule has 0 amide bonds. The van der Waals surface area contributed by atoms with Gasteiger partial charge in [-0.05, 0) is 43.3 Å². The Morgan fingerprint density at radius 3 is 2.48 bits per heavy atom. The zero-order chi connectivity index (χ0) is 17.9. The fourth-order valence-corrected chi connectivity index (χ4v) is 4.11. The highest BCUT2D eigenvalue weighted by atomic mass is 19.4. The van der Waals surface area contributed by atoms with Crippen molar-refractivity contribution in [3.63, 3.8) is 0 Å². The minimum atomic E-state index is -4.22. The monoisotopic (exact) mass is 351 g/mol. The van der Waals surface area contributed by atoms with E-state index in [0.29, 0.717) is 13.0 Å². The highest BCUT2D eigenvalue weighted by Gasteiger charge is 2.48. The number of rotatable bonds is 6. The Hall–Kier alpha value is -1.58. The number of halogens is 3. The third-order valence-electron chi connectivity index (χ3n) is 5.49. The molecule has 2 fully saturated rings. The fraction of sp³-hybridized carbons (Fsp3) is 0.632. The van der Waals surface area contributed by atoms with Crippen molar-refractivity contribution in [3.05, 3.63) is 35.9 Å². The number of nitrogens with zero attached hydrogens (tertiary/aromatic N) is 2. The topological polar surface area (TPSA) is 39.1 Å². The average molecular weight is 351 g/mol. The van der Waals surface area contributed by atoms with E-state index in [1.54, 1.807) is 4.90 Å². The second-order valence-corrected chi connectivity index (χ2v) is 7.43. The predicted octanol–water partition coefficient (Wildman–Crippen LogP) is 3.69. The number of alkyl halides is 3. The molecule has 0 aromatic heterocycles. The zero-order valence-electron chi connectivity index (χ0n) is 14.2. The molecular formula is C19H24F3N3. The Kier molecular flexibility index (Phi) is 5.35. The van der Waals surface area contributed by atoms with Gasteiger partial charge in [-0.2, -0.15) is 18.4 Å². The van der Waals surface area contributed by atoms with Crippen molar-refractivity contribution in [2.24, 2.45) is 5.41 Å². The summed E-state index contributed by atoms with van der Waals surface area (Å²) in [6, 6.07) is 11.9. The third-order valence-corrected chi connectivity index (χ3v) is 5.49. The largest absolute Gasteiger partial charge is 0.401 e. The molecule has 2 atom stereocenters. The lowest BCUT2D eigenvalue weighted by Crippen LogP contribution is -2.48. The van der Waals surface area contributed by atoms with Crippen LogP contribution in [-0.4, -0.2) is 43.3 Å². The van der Waals surface area contributed by atoms with Crippen molar-refractivity contribution in [1.29, 1.82) is 5.26 Å². The lowest BCUT2D eigenvalue weighted by molar-refractivity contribution is -0.151. The maximum Gasteiger partial charge on any atom is 0.401 e. The summed E-state index contributed by atoms with van der Waals surface area (Å²) in [4.78, 5) is 1.60. The van der Waals surface area contributed by atoms with Crippen LogP contribution in [0.25, 0.3) is 0 Å². The van der Waals surface area contributed by atoms with Gasteiger partial charge in [-0.3, -0.25) is 4.90 Å². The molecule has 0 radical (unpaired) electrons. The number of benzene rings is 1. The molecule has 0 spiro atoms. The maximum absolute atomic E-state index is 13.2. The molecule has 136 valence electrons. The van der Waals surface area contributed by atoms with Crippen LogP contribution in [-0.2, 0) is 0 Å². The first-order valence-electron chi connectivity index (χ1n) is 8.86. The van der Waals surface area contributed by atoms with E-state index in [2.05, 4.69) is 11.4 Å². The fourth-order valence-electron chi connectivity index (χ4n) is 4.11. The van der Waals surface area contributed by atoms with E-state index in [1.165, 1.54) is 0 Å². The van der Waals surface area contributed by atoms with Gasteiger partial charge in [0.05, 0.1) is 12.6 Å². The normalized spacial score (nSPS) is 25.6. The van der Waals surface area contributed by atoms with E-state index in [1.807, 2.05) is 30.3 Å². The van der Waals surface area contributed by atoms with E-state index in [0.717, 1.165) is 37.9 Å². The predicted molar refractivity (Wildman–Crippen MR) is 90.0 cm³/mol. The molecule has 1 saturated heterocycles. The molecule has 1 saturated carbocycles. The molecule has 1 aromatic carbocycles. The molecule has 0 bridgehead atoms. The zero-order valence-corrected chi connectivity index (χ0v) is 14.2. The van der Waals surface area contributed by atoms with E-state index in [4.69, 9.17) is 0 Å². The van der Waals surface area contributed by atoms with Gasteiger partial charge in [0.2, 0.25) is 0 Å². The first kappa shape index (κ1) is 18.2. The summed E-state index contributed by atoms with van der Waals surface area (Å²) >= 11 is 0. The van der Waals surface area contributed by atoms with Gasteiger partial charge in [-0.25, -0.2) is 0 Å². The third kappa shape index (κ3) is 4.74. The SMILES string of the molecule is N#CCC1(CN(CC(F)(F)F)C2CC2c2ccccc2)CCNCC1.